The molecule has 0 saturated heterocycles. The van der Waals surface area contributed by atoms with E-state index >= 15 is 0 Å². The maximum atomic E-state index is 11.8. The Balaban J connectivity index is 0.00000220. The predicted molar refractivity (Wildman–Crippen MR) is 68.1 cm³/mol. The van der Waals surface area contributed by atoms with Crippen molar-refractivity contribution in [2.75, 3.05) is 0 Å². The molecule has 21 heavy (non-hydrogen) atoms. The second kappa shape index (κ2) is 6.96. The quantitative estimate of drug-likeness (QED) is 0.452. The molecule has 0 radical (unpaired) electrons. The van der Waals surface area contributed by atoms with Crippen molar-refractivity contribution in [3.63, 3.8) is 0 Å². The van der Waals surface area contributed by atoms with Crippen LogP contribution in [-0.4, -0.2) is 32.1 Å². The molecule has 0 aliphatic carbocycles. The van der Waals surface area contributed by atoms with Crippen LogP contribution in [0.15, 0.2) is 33.9 Å². The van der Waals surface area contributed by atoms with Crippen LogP contribution in [0.5, 0.6) is 0 Å². The first-order valence-corrected chi connectivity index (χ1v) is 5.34. The standard InChI is InChI=1S/C12H8N2O6.K.H/c15-9-7(8(11(18)19)13-12(20)14-9)5-2-1-3-6(4-5)10(16)17;;/h1-4H,(H,16,17)(H,18,19)(H2,13,14,15,20);;/q;+1;-1. The molecule has 0 fully saturated rings. The predicted octanol–water partition coefficient (Wildman–Crippen LogP) is -2.76. The fourth-order valence-corrected chi connectivity index (χ4v) is 1.73. The zero-order chi connectivity index (χ0) is 14.9. The van der Waals surface area contributed by atoms with Gasteiger partial charge in [-0.15, -0.1) is 0 Å². The van der Waals surface area contributed by atoms with Gasteiger partial charge in [0.15, 0.2) is 0 Å². The van der Waals surface area contributed by atoms with E-state index in [1.165, 1.54) is 18.2 Å². The molecule has 1 aromatic carbocycles. The molecule has 0 saturated carbocycles. The van der Waals surface area contributed by atoms with Gasteiger partial charge in [0.05, 0.1) is 11.1 Å². The van der Waals surface area contributed by atoms with Crippen LogP contribution in [0.25, 0.3) is 11.1 Å². The van der Waals surface area contributed by atoms with Gasteiger partial charge in [-0.1, -0.05) is 12.1 Å². The van der Waals surface area contributed by atoms with Gasteiger partial charge >= 0.3 is 69.0 Å². The molecule has 2 rings (SSSR count). The molecule has 0 spiro atoms. The SMILES string of the molecule is O=C(O)c1cccc(-c2c(C(=O)O)[nH]c(=O)[nH]c2=O)c1.[H-].[K+]. The number of hydrogen-bond acceptors (Lipinski definition) is 4. The Hall–Kier alpha value is -1.52. The number of H-pyrrole nitrogens is 2. The molecule has 0 amide bonds. The van der Waals surface area contributed by atoms with Crippen LogP contribution in [-0.2, 0) is 0 Å². The number of carbonyl (C=O) groups is 2. The Morgan fingerprint density at radius 3 is 2.29 bits per heavy atom. The molecule has 8 nitrogen and oxygen atoms in total. The van der Waals surface area contributed by atoms with E-state index in [1.54, 1.807) is 0 Å². The number of hydrogen-bond donors (Lipinski definition) is 4. The first-order valence-electron chi connectivity index (χ1n) is 5.34. The van der Waals surface area contributed by atoms with Crippen molar-refractivity contribution in [2.45, 2.75) is 0 Å². The summed E-state index contributed by atoms with van der Waals surface area (Å²) in [6, 6.07) is 5.19. The van der Waals surface area contributed by atoms with Crippen molar-refractivity contribution in [1.29, 1.82) is 0 Å². The van der Waals surface area contributed by atoms with Crippen LogP contribution in [0.3, 0.4) is 0 Å². The second-order valence-electron chi connectivity index (χ2n) is 3.85. The zero-order valence-electron chi connectivity index (χ0n) is 11.8. The molecule has 9 heteroatoms. The number of carboxylic acid groups (broad SMARTS) is 2. The van der Waals surface area contributed by atoms with Gasteiger partial charge in [-0.3, -0.25) is 9.78 Å². The van der Waals surface area contributed by atoms with E-state index in [1.807, 2.05) is 9.97 Å². The minimum atomic E-state index is -1.50. The van der Waals surface area contributed by atoms with Crippen molar-refractivity contribution in [1.82, 2.24) is 9.97 Å². The second-order valence-corrected chi connectivity index (χ2v) is 3.85. The van der Waals surface area contributed by atoms with Gasteiger partial charge in [0.25, 0.3) is 5.56 Å². The monoisotopic (exact) mass is 316 g/mol. The van der Waals surface area contributed by atoms with Crippen LogP contribution >= 0.6 is 0 Å². The van der Waals surface area contributed by atoms with E-state index in [4.69, 9.17) is 10.2 Å². The Kier molecular flexibility index (Phi) is 5.81. The van der Waals surface area contributed by atoms with Crippen LogP contribution in [0.4, 0.5) is 0 Å². The third-order valence-corrected chi connectivity index (χ3v) is 2.55. The average Bonchev–Trinajstić information content (AvgIpc) is 2.37. The third kappa shape index (κ3) is 3.77. The summed E-state index contributed by atoms with van der Waals surface area (Å²) < 4.78 is 0. The summed E-state index contributed by atoms with van der Waals surface area (Å²) in [7, 11) is 0. The molecule has 0 atom stereocenters. The number of aromatic nitrogens is 2. The van der Waals surface area contributed by atoms with Gasteiger partial charge in [-0.25, -0.2) is 14.4 Å². The number of nitrogens with one attached hydrogen (secondary N) is 2. The van der Waals surface area contributed by atoms with Crippen molar-refractivity contribution >= 4 is 11.9 Å². The van der Waals surface area contributed by atoms with Crippen molar-refractivity contribution in [3.8, 4) is 11.1 Å². The van der Waals surface area contributed by atoms with Gasteiger partial charge in [-0.05, 0) is 17.7 Å². The maximum absolute atomic E-state index is 11.8. The van der Waals surface area contributed by atoms with E-state index in [0.29, 0.717) is 0 Å². The first-order chi connectivity index (χ1) is 9.40. The first kappa shape index (κ1) is 17.5. The maximum Gasteiger partial charge on any atom is 1.00 e. The Morgan fingerprint density at radius 2 is 1.71 bits per heavy atom. The van der Waals surface area contributed by atoms with E-state index in [9.17, 15) is 19.2 Å². The normalized spacial score (nSPS) is 9.71. The number of rotatable bonds is 3. The zero-order valence-corrected chi connectivity index (χ0v) is 14.0. The van der Waals surface area contributed by atoms with E-state index < -0.39 is 28.9 Å². The van der Waals surface area contributed by atoms with Gasteiger partial charge in [0, 0.05) is 0 Å². The van der Waals surface area contributed by atoms with Crippen molar-refractivity contribution < 1.29 is 72.6 Å². The fourth-order valence-electron chi connectivity index (χ4n) is 1.73. The summed E-state index contributed by atoms with van der Waals surface area (Å²) in [6.45, 7) is 0. The van der Waals surface area contributed by atoms with Gasteiger partial charge < -0.3 is 16.6 Å². The number of carboxylic acids is 2. The van der Waals surface area contributed by atoms with Gasteiger partial charge in [0.1, 0.15) is 5.69 Å². The van der Waals surface area contributed by atoms with Gasteiger partial charge in [-0.2, -0.15) is 0 Å². The molecule has 0 unspecified atom stereocenters. The largest absolute Gasteiger partial charge is 1.00 e. The Labute approximate surface area is 160 Å². The Bertz CT molecular complexity index is 829. The Morgan fingerprint density at radius 1 is 1.05 bits per heavy atom. The number of benzene rings is 1. The summed E-state index contributed by atoms with van der Waals surface area (Å²) in [4.78, 5) is 48.7. The van der Waals surface area contributed by atoms with Gasteiger partial charge in [0.2, 0.25) is 0 Å². The molecule has 1 heterocycles. The number of aromatic carboxylic acids is 2. The van der Waals surface area contributed by atoms with Crippen LogP contribution in [0.2, 0.25) is 0 Å². The molecular formula is C12H9KN2O6. The molecule has 2 aromatic rings. The summed E-state index contributed by atoms with van der Waals surface area (Å²) in [6.07, 6.45) is 0. The van der Waals surface area contributed by atoms with E-state index in [2.05, 4.69) is 0 Å². The fraction of sp³-hybridized carbons (Fsp3) is 0. The topological polar surface area (TPSA) is 140 Å². The smallest absolute Gasteiger partial charge is 1.00 e. The third-order valence-electron chi connectivity index (χ3n) is 2.55. The average molecular weight is 316 g/mol. The molecular weight excluding hydrogens is 307 g/mol. The van der Waals surface area contributed by atoms with Crippen LogP contribution in [0.1, 0.15) is 22.3 Å². The van der Waals surface area contributed by atoms with Crippen molar-refractivity contribution in [3.05, 3.63) is 56.4 Å². The summed E-state index contributed by atoms with van der Waals surface area (Å²) in [5.74, 6) is -2.71. The summed E-state index contributed by atoms with van der Waals surface area (Å²) in [5.41, 5.74) is -2.79. The molecule has 1 aromatic heterocycles. The molecule has 104 valence electrons. The molecule has 0 bridgehead atoms. The molecule has 0 aliphatic rings. The van der Waals surface area contributed by atoms with Crippen LogP contribution in [0, 0.1) is 0 Å². The molecule has 4 N–H and O–H groups in total. The van der Waals surface area contributed by atoms with E-state index in [-0.39, 0.29) is 69.5 Å². The van der Waals surface area contributed by atoms with E-state index in [0.717, 1.165) is 6.07 Å². The summed E-state index contributed by atoms with van der Waals surface area (Å²) in [5, 5.41) is 17.9. The number of aromatic amines is 2. The minimum Gasteiger partial charge on any atom is -1.00 e. The summed E-state index contributed by atoms with van der Waals surface area (Å²) >= 11 is 0. The van der Waals surface area contributed by atoms with Crippen molar-refractivity contribution in [2.24, 2.45) is 0 Å². The minimum absolute atomic E-state index is 0. The molecule has 0 aliphatic heterocycles. The van der Waals surface area contributed by atoms with Crippen LogP contribution < -0.4 is 62.6 Å².